The Kier molecular flexibility index (Phi) is 5.12. The van der Waals surface area contributed by atoms with Gasteiger partial charge in [0.05, 0.1) is 11.7 Å². The van der Waals surface area contributed by atoms with Crippen LogP contribution in [-0.4, -0.2) is 35.7 Å². The second-order valence-corrected chi connectivity index (χ2v) is 8.01. The van der Waals surface area contributed by atoms with Gasteiger partial charge in [-0.3, -0.25) is 14.2 Å². The van der Waals surface area contributed by atoms with E-state index in [4.69, 9.17) is 0 Å². The fourth-order valence-electron chi connectivity index (χ4n) is 3.08. The number of nitrogens with one attached hydrogen (secondary N) is 1. The number of fused-ring (bicyclic) bond motifs is 1. The normalized spacial score (nSPS) is 11.2. The van der Waals surface area contributed by atoms with Crippen molar-refractivity contribution in [3.8, 4) is 5.69 Å². The van der Waals surface area contributed by atoms with Gasteiger partial charge in [-0.15, -0.1) is 16.4 Å². The molecule has 3 aromatic heterocycles. The minimum atomic E-state index is -0.518. The highest BCUT2D eigenvalue weighted by atomic mass is 32.1. The van der Waals surface area contributed by atoms with Crippen molar-refractivity contribution in [2.75, 3.05) is 5.32 Å². The average Bonchev–Trinajstić information content (AvgIpc) is 3.26. The van der Waals surface area contributed by atoms with Crippen LogP contribution in [0.3, 0.4) is 0 Å². The van der Waals surface area contributed by atoms with Crippen LogP contribution in [-0.2, 0) is 11.3 Å². The monoisotopic (exact) mass is 427 g/mol. The van der Waals surface area contributed by atoms with Crippen LogP contribution >= 0.6 is 11.3 Å². The van der Waals surface area contributed by atoms with E-state index >= 15 is 0 Å². The highest BCUT2D eigenvalue weighted by Crippen LogP contribution is 2.25. The maximum atomic E-state index is 14.2. The summed E-state index contributed by atoms with van der Waals surface area (Å²) in [5, 5.41) is 14.3. The molecule has 1 aromatic carbocycles. The first-order valence-electron chi connectivity index (χ1n) is 9.15. The molecule has 154 valence electrons. The smallest absolute Gasteiger partial charge is 0.262 e. The number of carbonyl (C=O) groups excluding carboxylic acids is 1. The van der Waals surface area contributed by atoms with Crippen molar-refractivity contribution in [2.24, 2.45) is 0 Å². The maximum absolute atomic E-state index is 14.2. The van der Waals surface area contributed by atoms with Crippen LogP contribution < -0.4 is 10.9 Å². The molecule has 0 radical (unpaired) electrons. The number of hydrogen-bond acceptors (Lipinski definition) is 7. The van der Waals surface area contributed by atoms with Crippen molar-refractivity contribution in [3.05, 3.63) is 57.0 Å². The third kappa shape index (κ3) is 3.59. The maximum Gasteiger partial charge on any atom is 0.262 e. The fourth-order valence-corrected chi connectivity index (χ4v) is 4.07. The molecule has 0 bridgehead atoms. The molecule has 0 spiro atoms. The molecule has 0 aliphatic heterocycles. The Morgan fingerprint density at radius 1 is 1.27 bits per heavy atom. The Balaban J connectivity index is 1.49. The van der Waals surface area contributed by atoms with Crippen molar-refractivity contribution in [1.82, 2.24) is 29.8 Å². The first kappa shape index (κ1) is 19.8. The van der Waals surface area contributed by atoms with Crippen molar-refractivity contribution in [1.29, 1.82) is 0 Å². The zero-order valence-electron chi connectivity index (χ0n) is 16.5. The van der Waals surface area contributed by atoms with Gasteiger partial charge in [0.25, 0.3) is 5.56 Å². The van der Waals surface area contributed by atoms with E-state index in [9.17, 15) is 14.0 Å². The van der Waals surface area contributed by atoms with Gasteiger partial charge in [-0.25, -0.2) is 9.37 Å². The molecule has 3 heterocycles. The second kappa shape index (κ2) is 7.75. The zero-order chi connectivity index (χ0) is 21.4. The predicted molar refractivity (Wildman–Crippen MR) is 110 cm³/mol. The Bertz CT molecular complexity index is 1320. The fraction of sp³-hybridized carbons (Fsp3) is 0.263. The lowest BCUT2D eigenvalue weighted by Gasteiger charge is -2.09. The van der Waals surface area contributed by atoms with E-state index in [1.54, 1.807) is 6.92 Å². The zero-order valence-corrected chi connectivity index (χ0v) is 17.3. The number of aryl methyl sites for hydroxylation is 4. The molecular formula is C19H18FN7O2S. The number of thiophene rings is 1. The molecule has 0 aliphatic rings. The third-order valence-corrected chi connectivity index (χ3v) is 5.93. The molecule has 9 nitrogen and oxygen atoms in total. The van der Waals surface area contributed by atoms with Crippen LogP contribution in [0.25, 0.3) is 15.9 Å². The van der Waals surface area contributed by atoms with E-state index in [0.29, 0.717) is 21.7 Å². The largest absolute Gasteiger partial charge is 0.326 e. The van der Waals surface area contributed by atoms with Gasteiger partial charge in [-0.05, 0) is 55.0 Å². The molecule has 11 heteroatoms. The molecular weight excluding hydrogens is 409 g/mol. The lowest BCUT2D eigenvalue weighted by molar-refractivity contribution is -0.116. The summed E-state index contributed by atoms with van der Waals surface area (Å²) in [6, 6.07) is 4.14. The molecule has 1 amide bonds. The topological polar surface area (TPSA) is 108 Å². The number of tetrazole rings is 1. The third-order valence-electron chi connectivity index (χ3n) is 4.82. The van der Waals surface area contributed by atoms with Crippen LogP contribution in [0.5, 0.6) is 0 Å². The summed E-state index contributed by atoms with van der Waals surface area (Å²) in [4.78, 5) is 31.2. The Morgan fingerprint density at radius 3 is 2.80 bits per heavy atom. The highest BCUT2D eigenvalue weighted by molar-refractivity contribution is 7.18. The van der Waals surface area contributed by atoms with Crippen molar-refractivity contribution in [2.45, 2.75) is 33.7 Å². The lowest BCUT2D eigenvalue weighted by atomic mass is 10.2. The molecule has 1 N–H and O–H groups in total. The van der Waals surface area contributed by atoms with Crippen LogP contribution in [0.1, 0.15) is 22.7 Å². The summed E-state index contributed by atoms with van der Waals surface area (Å²) in [5.74, 6) is -0.416. The van der Waals surface area contributed by atoms with Crippen LogP contribution in [0.2, 0.25) is 0 Å². The van der Waals surface area contributed by atoms with Crippen molar-refractivity contribution < 1.29 is 9.18 Å². The first-order chi connectivity index (χ1) is 14.3. The highest BCUT2D eigenvalue weighted by Gasteiger charge is 2.14. The summed E-state index contributed by atoms with van der Waals surface area (Å²) in [5.41, 5.74) is 1.29. The minimum absolute atomic E-state index is 0.0614. The molecule has 30 heavy (non-hydrogen) atoms. The van der Waals surface area contributed by atoms with Gasteiger partial charge in [-0.1, -0.05) is 0 Å². The number of rotatable bonds is 5. The van der Waals surface area contributed by atoms with Crippen LogP contribution in [0.4, 0.5) is 10.1 Å². The molecule has 4 rings (SSSR count). The van der Waals surface area contributed by atoms with E-state index < -0.39 is 5.82 Å². The van der Waals surface area contributed by atoms with Crippen LogP contribution in [0, 0.1) is 26.6 Å². The van der Waals surface area contributed by atoms with Gasteiger partial charge in [0.2, 0.25) is 5.91 Å². The standard InChI is InChI=1S/C19H18FN7O2S/c1-10-11(2)30-18-17(10)19(29)26(9-21-18)7-6-16(28)22-13-4-5-14(20)15(8-13)27-12(3)23-24-25-27/h4-5,8-9H,6-7H2,1-3H3,(H,22,28). The van der Waals surface area contributed by atoms with E-state index in [-0.39, 0.29) is 30.1 Å². The predicted octanol–water partition coefficient (Wildman–Crippen LogP) is 2.53. The number of halogens is 1. The second-order valence-electron chi connectivity index (χ2n) is 6.81. The first-order valence-corrected chi connectivity index (χ1v) is 9.96. The number of aromatic nitrogens is 6. The quantitative estimate of drug-likeness (QED) is 0.524. The molecule has 0 saturated carbocycles. The molecule has 4 aromatic rings. The molecule has 0 unspecified atom stereocenters. The number of anilines is 1. The minimum Gasteiger partial charge on any atom is -0.326 e. The summed E-state index contributed by atoms with van der Waals surface area (Å²) >= 11 is 1.48. The van der Waals surface area contributed by atoms with E-state index in [1.807, 2.05) is 13.8 Å². The number of nitrogens with zero attached hydrogens (tertiary/aromatic N) is 6. The van der Waals surface area contributed by atoms with Gasteiger partial charge >= 0.3 is 0 Å². The van der Waals surface area contributed by atoms with Gasteiger partial charge < -0.3 is 5.32 Å². The van der Waals surface area contributed by atoms with Gasteiger partial charge in [0, 0.05) is 23.5 Å². The van der Waals surface area contributed by atoms with Gasteiger partial charge in [0.1, 0.15) is 16.3 Å². The SMILES string of the molecule is Cc1sc2ncn(CCC(=O)Nc3ccc(F)c(-n4nnnc4C)c3)c(=O)c2c1C. The summed E-state index contributed by atoms with van der Waals surface area (Å²) in [7, 11) is 0. The summed E-state index contributed by atoms with van der Waals surface area (Å²) in [6.45, 7) is 5.67. The molecule has 0 fully saturated rings. The lowest BCUT2D eigenvalue weighted by Crippen LogP contribution is -2.23. The van der Waals surface area contributed by atoms with Gasteiger partial charge in [0.15, 0.2) is 5.82 Å². The Hall–Kier alpha value is -3.47. The van der Waals surface area contributed by atoms with Gasteiger partial charge in [-0.2, -0.15) is 4.68 Å². The van der Waals surface area contributed by atoms with Crippen LogP contribution in [0.15, 0.2) is 29.3 Å². The number of amides is 1. The number of hydrogen-bond donors (Lipinski definition) is 1. The van der Waals surface area contributed by atoms with E-state index in [2.05, 4.69) is 25.8 Å². The van der Waals surface area contributed by atoms with Crippen molar-refractivity contribution >= 4 is 33.1 Å². The molecule has 0 saturated heterocycles. The average molecular weight is 427 g/mol. The number of benzene rings is 1. The van der Waals surface area contributed by atoms with E-state index in [1.165, 1.54) is 45.1 Å². The molecule has 0 atom stereocenters. The Morgan fingerprint density at radius 2 is 2.07 bits per heavy atom. The Labute approximate surface area is 174 Å². The summed E-state index contributed by atoms with van der Waals surface area (Å²) < 4.78 is 16.8. The molecule has 0 aliphatic carbocycles. The van der Waals surface area contributed by atoms with E-state index in [0.717, 1.165) is 10.4 Å². The summed E-state index contributed by atoms with van der Waals surface area (Å²) in [6.07, 6.45) is 1.52. The van der Waals surface area contributed by atoms with Crippen molar-refractivity contribution in [3.63, 3.8) is 0 Å². The number of carbonyl (C=O) groups is 1.